The van der Waals surface area contributed by atoms with Gasteiger partial charge in [-0.15, -0.1) is 0 Å². The minimum Gasteiger partial charge on any atom is -0.469 e. The zero-order chi connectivity index (χ0) is 14.7. The lowest BCUT2D eigenvalue weighted by Gasteiger charge is -2.35. The van der Waals surface area contributed by atoms with Crippen LogP contribution in [0.3, 0.4) is 0 Å². The largest absolute Gasteiger partial charge is 0.469 e. The van der Waals surface area contributed by atoms with Gasteiger partial charge in [0.25, 0.3) is 5.91 Å². The molecule has 5 heteroatoms. The SMILES string of the molecule is COC(=O)CC1CCCCN1C(=O)c1cc(C)oc1C. The number of ether oxygens (including phenoxy) is 1. The van der Waals surface area contributed by atoms with Gasteiger partial charge in [0.1, 0.15) is 11.5 Å². The average molecular weight is 279 g/mol. The topological polar surface area (TPSA) is 59.8 Å². The molecular weight excluding hydrogens is 258 g/mol. The number of aryl methyl sites for hydroxylation is 2. The van der Waals surface area contributed by atoms with Crippen LogP contribution in [-0.4, -0.2) is 36.5 Å². The van der Waals surface area contributed by atoms with E-state index in [-0.39, 0.29) is 24.3 Å². The Hall–Kier alpha value is -1.78. The van der Waals surface area contributed by atoms with Gasteiger partial charge in [-0.25, -0.2) is 0 Å². The number of furan rings is 1. The first kappa shape index (κ1) is 14.6. The number of rotatable bonds is 3. The first-order chi connectivity index (χ1) is 9.52. The summed E-state index contributed by atoms with van der Waals surface area (Å²) in [5.74, 6) is 1.05. The highest BCUT2D eigenvalue weighted by molar-refractivity contribution is 5.95. The third kappa shape index (κ3) is 3.03. The van der Waals surface area contributed by atoms with Gasteiger partial charge >= 0.3 is 5.97 Å². The number of hydrogen-bond acceptors (Lipinski definition) is 4. The van der Waals surface area contributed by atoms with Gasteiger partial charge in [0.15, 0.2) is 0 Å². The maximum Gasteiger partial charge on any atom is 0.307 e. The predicted octanol–water partition coefficient (Wildman–Crippen LogP) is 2.45. The summed E-state index contributed by atoms with van der Waals surface area (Å²) in [6.45, 7) is 4.30. The molecule has 0 radical (unpaired) electrons. The number of piperidine rings is 1. The van der Waals surface area contributed by atoms with Crippen LogP contribution < -0.4 is 0 Å². The first-order valence-electron chi connectivity index (χ1n) is 6.97. The molecule has 1 atom stereocenters. The second-order valence-electron chi connectivity index (χ2n) is 5.26. The summed E-state index contributed by atoms with van der Waals surface area (Å²) in [6.07, 6.45) is 3.11. The third-order valence-electron chi connectivity index (χ3n) is 3.79. The predicted molar refractivity (Wildman–Crippen MR) is 73.5 cm³/mol. The maximum absolute atomic E-state index is 12.6. The fraction of sp³-hybridized carbons (Fsp3) is 0.600. The number of hydrogen-bond donors (Lipinski definition) is 0. The van der Waals surface area contributed by atoms with Crippen LogP contribution in [0.1, 0.15) is 47.6 Å². The molecule has 1 amide bonds. The van der Waals surface area contributed by atoms with E-state index < -0.39 is 0 Å². The number of methoxy groups -OCH3 is 1. The smallest absolute Gasteiger partial charge is 0.307 e. The second kappa shape index (κ2) is 6.11. The van der Waals surface area contributed by atoms with Crippen LogP contribution in [0.2, 0.25) is 0 Å². The molecule has 0 aromatic carbocycles. The molecule has 2 heterocycles. The minimum absolute atomic E-state index is 0.0482. The van der Waals surface area contributed by atoms with E-state index in [1.165, 1.54) is 7.11 Å². The van der Waals surface area contributed by atoms with Crippen molar-refractivity contribution < 1.29 is 18.7 Å². The van der Waals surface area contributed by atoms with E-state index in [4.69, 9.17) is 9.15 Å². The van der Waals surface area contributed by atoms with Crippen molar-refractivity contribution in [1.29, 1.82) is 0 Å². The van der Waals surface area contributed by atoms with Gasteiger partial charge in [0, 0.05) is 12.6 Å². The van der Waals surface area contributed by atoms with E-state index in [9.17, 15) is 9.59 Å². The van der Waals surface area contributed by atoms with Crippen LogP contribution in [0.4, 0.5) is 0 Å². The minimum atomic E-state index is -0.269. The first-order valence-corrected chi connectivity index (χ1v) is 6.97. The van der Waals surface area contributed by atoms with Crippen LogP contribution >= 0.6 is 0 Å². The molecule has 20 heavy (non-hydrogen) atoms. The van der Waals surface area contributed by atoms with Gasteiger partial charge in [-0.2, -0.15) is 0 Å². The monoisotopic (exact) mass is 279 g/mol. The highest BCUT2D eigenvalue weighted by Gasteiger charge is 2.31. The van der Waals surface area contributed by atoms with Crippen molar-refractivity contribution in [2.75, 3.05) is 13.7 Å². The van der Waals surface area contributed by atoms with Crippen LogP contribution in [0.25, 0.3) is 0 Å². The Morgan fingerprint density at radius 1 is 1.40 bits per heavy atom. The van der Waals surface area contributed by atoms with Gasteiger partial charge < -0.3 is 14.1 Å². The molecule has 0 aliphatic carbocycles. The number of esters is 1. The second-order valence-corrected chi connectivity index (χ2v) is 5.26. The molecule has 0 N–H and O–H groups in total. The fourth-order valence-electron chi connectivity index (χ4n) is 2.75. The number of likely N-dealkylation sites (tertiary alicyclic amines) is 1. The van der Waals surface area contributed by atoms with Crippen LogP contribution in [0.15, 0.2) is 10.5 Å². The summed E-state index contributed by atoms with van der Waals surface area (Å²) in [6, 6.07) is 1.69. The van der Waals surface area contributed by atoms with Crippen molar-refractivity contribution in [2.24, 2.45) is 0 Å². The fourth-order valence-corrected chi connectivity index (χ4v) is 2.75. The lowest BCUT2D eigenvalue weighted by molar-refractivity contribution is -0.142. The molecule has 110 valence electrons. The average Bonchev–Trinajstić information content (AvgIpc) is 2.77. The molecule has 1 aromatic rings. The van der Waals surface area contributed by atoms with Crippen molar-refractivity contribution in [3.63, 3.8) is 0 Å². The van der Waals surface area contributed by atoms with E-state index in [1.54, 1.807) is 17.9 Å². The summed E-state index contributed by atoms with van der Waals surface area (Å²) in [4.78, 5) is 25.9. The molecule has 1 fully saturated rings. The lowest BCUT2D eigenvalue weighted by Crippen LogP contribution is -2.45. The van der Waals surface area contributed by atoms with Gasteiger partial charge in [0.05, 0.1) is 19.1 Å². The molecular formula is C15H21NO4. The Morgan fingerprint density at radius 3 is 2.75 bits per heavy atom. The molecule has 1 unspecified atom stereocenters. The lowest BCUT2D eigenvalue weighted by atomic mass is 9.98. The third-order valence-corrected chi connectivity index (χ3v) is 3.79. The Kier molecular flexibility index (Phi) is 4.47. The molecule has 5 nitrogen and oxygen atoms in total. The summed E-state index contributed by atoms with van der Waals surface area (Å²) in [7, 11) is 1.38. The van der Waals surface area contributed by atoms with E-state index in [0.29, 0.717) is 17.9 Å². The van der Waals surface area contributed by atoms with Crippen LogP contribution in [-0.2, 0) is 9.53 Å². The molecule has 0 spiro atoms. The van der Waals surface area contributed by atoms with Crippen molar-refractivity contribution in [1.82, 2.24) is 4.90 Å². The Bertz CT molecular complexity index is 506. The van der Waals surface area contributed by atoms with E-state index in [0.717, 1.165) is 25.0 Å². The Balaban J connectivity index is 2.17. The highest BCUT2D eigenvalue weighted by Crippen LogP contribution is 2.24. The number of carbonyl (C=O) groups excluding carboxylic acids is 2. The van der Waals surface area contributed by atoms with Crippen LogP contribution in [0, 0.1) is 13.8 Å². The molecule has 0 saturated carbocycles. The summed E-state index contributed by atoms with van der Waals surface area (Å²) in [5, 5.41) is 0. The van der Waals surface area contributed by atoms with Gasteiger partial charge in [-0.05, 0) is 39.2 Å². The number of amides is 1. The molecule has 1 aromatic heterocycles. The van der Waals surface area contributed by atoms with E-state index in [1.807, 2.05) is 6.92 Å². The van der Waals surface area contributed by atoms with Crippen molar-refractivity contribution in [3.8, 4) is 0 Å². The summed E-state index contributed by atoms with van der Waals surface area (Å²) < 4.78 is 10.1. The number of nitrogens with zero attached hydrogens (tertiary/aromatic N) is 1. The van der Waals surface area contributed by atoms with E-state index >= 15 is 0 Å². The highest BCUT2D eigenvalue weighted by atomic mass is 16.5. The maximum atomic E-state index is 12.6. The van der Waals surface area contributed by atoms with Crippen LogP contribution in [0.5, 0.6) is 0 Å². The Labute approximate surface area is 118 Å². The van der Waals surface area contributed by atoms with Crippen molar-refractivity contribution >= 4 is 11.9 Å². The van der Waals surface area contributed by atoms with Gasteiger partial charge in [-0.3, -0.25) is 9.59 Å². The molecule has 1 aliphatic heterocycles. The zero-order valence-electron chi connectivity index (χ0n) is 12.3. The van der Waals surface area contributed by atoms with E-state index in [2.05, 4.69) is 0 Å². The standard InChI is InChI=1S/C15H21NO4/c1-10-8-13(11(2)20-10)15(18)16-7-5-4-6-12(16)9-14(17)19-3/h8,12H,4-7,9H2,1-3H3. The van der Waals surface area contributed by atoms with Crippen molar-refractivity contribution in [3.05, 3.63) is 23.2 Å². The Morgan fingerprint density at radius 2 is 2.15 bits per heavy atom. The molecule has 1 saturated heterocycles. The summed E-state index contributed by atoms with van der Waals surface area (Å²) >= 11 is 0. The molecule has 2 rings (SSSR count). The van der Waals surface area contributed by atoms with Gasteiger partial charge in [-0.1, -0.05) is 0 Å². The van der Waals surface area contributed by atoms with Crippen molar-refractivity contribution in [2.45, 2.75) is 45.6 Å². The quantitative estimate of drug-likeness (QED) is 0.797. The van der Waals surface area contributed by atoms with Gasteiger partial charge in [0.2, 0.25) is 0 Å². The summed E-state index contributed by atoms with van der Waals surface area (Å²) in [5.41, 5.74) is 0.597. The molecule has 0 bridgehead atoms. The zero-order valence-corrected chi connectivity index (χ0v) is 12.3. The molecule has 1 aliphatic rings. The normalized spacial score (nSPS) is 18.9. The number of carbonyl (C=O) groups is 2.